The molecule has 6 nitrogen and oxygen atoms in total. The Morgan fingerprint density at radius 3 is 2.68 bits per heavy atom. The van der Waals surface area contributed by atoms with Crippen LogP contribution in [-0.4, -0.2) is 28.9 Å². The van der Waals surface area contributed by atoms with Gasteiger partial charge in [-0.1, -0.05) is 19.8 Å². The fraction of sp³-hybridized carbons (Fsp3) is 0.385. The molecule has 0 heterocycles. The van der Waals surface area contributed by atoms with Gasteiger partial charge in [0.15, 0.2) is 0 Å². The predicted molar refractivity (Wildman–Crippen MR) is 69.6 cm³/mol. The minimum Gasteiger partial charge on any atom is -0.507 e. The van der Waals surface area contributed by atoms with E-state index in [0.29, 0.717) is 6.61 Å². The lowest BCUT2D eigenvalue weighted by Crippen LogP contribution is -2.14. The number of anilines is 1. The molecule has 0 radical (unpaired) electrons. The van der Waals surface area contributed by atoms with Crippen LogP contribution in [0.5, 0.6) is 5.75 Å². The molecule has 0 aromatic heterocycles. The maximum atomic E-state index is 11.4. The quantitative estimate of drug-likeness (QED) is 0.544. The smallest absolute Gasteiger partial charge is 0.411 e. The first-order chi connectivity index (χ1) is 9.04. The molecule has 1 aromatic carbocycles. The molecule has 0 saturated heterocycles. The van der Waals surface area contributed by atoms with Gasteiger partial charge in [0.1, 0.15) is 11.3 Å². The first kappa shape index (κ1) is 14.8. The summed E-state index contributed by atoms with van der Waals surface area (Å²) in [6, 6.07) is 3.77. The van der Waals surface area contributed by atoms with Crippen molar-refractivity contribution in [2.75, 3.05) is 11.9 Å². The van der Waals surface area contributed by atoms with Gasteiger partial charge in [-0.3, -0.25) is 5.32 Å². The van der Waals surface area contributed by atoms with E-state index in [1.165, 1.54) is 18.2 Å². The second-order valence-corrected chi connectivity index (χ2v) is 4.01. The standard InChI is InChI=1S/C13H17NO5/c1-2-3-4-7-19-13(18)14-9-5-6-11(15)10(8-9)12(16)17/h5-6,8,15H,2-4,7H2,1H3,(H,14,18)(H,16,17). The lowest BCUT2D eigenvalue weighted by molar-refractivity contribution is 0.0693. The van der Waals surface area contributed by atoms with Crippen LogP contribution in [0.1, 0.15) is 36.5 Å². The van der Waals surface area contributed by atoms with Crippen molar-refractivity contribution in [1.29, 1.82) is 0 Å². The van der Waals surface area contributed by atoms with Gasteiger partial charge in [-0.05, 0) is 24.6 Å². The topological polar surface area (TPSA) is 95.9 Å². The molecule has 3 N–H and O–H groups in total. The first-order valence-electron chi connectivity index (χ1n) is 6.04. The van der Waals surface area contributed by atoms with Crippen LogP contribution in [0.15, 0.2) is 18.2 Å². The number of rotatable bonds is 6. The zero-order valence-electron chi connectivity index (χ0n) is 10.7. The number of carboxylic acid groups (broad SMARTS) is 1. The van der Waals surface area contributed by atoms with Crippen molar-refractivity contribution < 1.29 is 24.5 Å². The first-order valence-corrected chi connectivity index (χ1v) is 6.04. The monoisotopic (exact) mass is 267 g/mol. The molecule has 0 aliphatic heterocycles. The minimum absolute atomic E-state index is 0.260. The van der Waals surface area contributed by atoms with Crippen LogP contribution in [0.25, 0.3) is 0 Å². The number of ether oxygens (including phenoxy) is 1. The number of carbonyl (C=O) groups excluding carboxylic acids is 1. The Morgan fingerprint density at radius 1 is 1.32 bits per heavy atom. The molecule has 1 rings (SSSR count). The third-order valence-electron chi connectivity index (χ3n) is 2.45. The van der Waals surface area contributed by atoms with Crippen molar-refractivity contribution in [2.24, 2.45) is 0 Å². The van der Waals surface area contributed by atoms with Gasteiger partial charge in [0, 0.05) is 5.69 Å². The highest BCUT2D eigenvalue weighted by molar-refractivity contribution is 5.93. The fourth-order valence-corrected chi connectivity index (χ4v) is 1.46. The van der Waals surface area contributed by atoms with Gasteiger partial charge in [0.2, 0.25) is 0 Å². The summed E-state index contributed by atoms with van der Waals surface area (Å²) in [6.45, 7) is 2.37. The number of aromatic carboxylic acids is 1. The molecular formula is C13H17NO5. The lowest BCUT2D eigenvalue weighted by atomic mass is 10.2. The minimum atomic E-state index is -1.27. The molecule has 0 fully saturated rings. The Morgan fingerprint density at radius 2 is 2.05 bits per heavy atom. The number of carbonyl (C=O) groups is 2. The number of aromatic hydroxyl groups is 1. The van der Waals surface area contributed by atoms with E-state index in [-0.39, 0.29) is 17.0 Å². The summed E-state index contributed by atoms with van der Waals surface area (Å²) in [5.41, 5.74) is -0.0144. The maximum Gasteiger partial charge on any atom is 0.411 e. The van der Waals surface area contributed by atoms with Gasteiger partial charge >= 0.3 is 12.1 Å². The van der Waals surface area contributed by atoms with E-state index in [9.17, 15) is 14.7 Å². The molecule has 1 amide bonds. The highest BCUT2D eigenvalue weighted by Crippen LogP contribution is 2.21. The molecule has 19 heavy (non-hydrogen) atoms. The van der Waals surface area contributed by atoms with Gasteiger partial charge in [0.25, 0.3) is 0 Å². The average Bonchev–Trinajstić information content (AvgIpc) is 2.36. The Bertz CT molecular complexity index is 458. The van der Waals surface area contributed by atoms with Crippen LogP contribution in [0.2, 0.25) is 0 Å². The van der Waals surface area contributed by atoms with Gasteiger partial charge in [-0.15, -0.1) is 0 Å². The number of hydrogen-bond donors (Lipinski definition) is 3. The van der Waals surface area contributed by atoms with Gasteiger partial charge in [-0.2, -0.15) is 0 Å². The van der Waals surface area contributed by atoms with Gasteiger partial charge in [0.05, 0.1) is 6.61 Å². The van der Waals surface area contributed by atoms with E-state index in [1.54, 1.807) is 0 Å². The van der Waals surface area contributed by atoms with E-state index < -0.39 is 12.1 Å². The summed E-state index contributed by atoms with van der Waals surface area (Å²) >= 11 is 0. The SMILES string of the molecule is CCCCCOC(=O)Nc1ccc(O)c(C(=O)O)c1. The second-order valence-electron chi connectivity index (χ2n) is 4.01. The summed E-state index contributed by atoms with van der Waals surface area (Å²) in [5, 5.41) is 20.5. The maximum absolute atomic E-state index is 11.4. The molecule has 1 aromatic rings. The molecule has 104 valence electrons. The molecule has 0 atom stereocenters. The molecule has 0 aliphatic carbocycles. The second kappa shape index (κ2) is 7.25. The molecule has 6 heteroatoms. The van der Waals surface area contributed by atoms with Crippen LogP contribution in [-0.2, 0) is 4.74 Å². The van der Waals surface area contributed by atoms with E-state index in [1.807, 2.05) is 6.92 Å². The number of nitrogens with one attached hydrogen (secondary N) is 1. The summed E-state index contributed by atoms with van der Waals surface area (Å²) in [5.74, 6) is -1.62. The number of unbranched alkanes of at least 4 members (excludes halogenated alkanes) is 2. The van der Waals surface area contributed by atoms with Crippen molar-refractivity contribution in [3.8, 4) is 5.75 Å². The van der Waals surface area contributed by atoms with Crippen LogP contribution < -0.4 is 5.32 Å². The average molecular weight is 267 g/mol. The largest absolute Gasteiger partial charge is 0.507 e. The highest BCUT2D eigenvalue weighted by atomic mass is 16.5. The van der Waals surface area contributed by atoms with Crippen molar-refractivity contribution >= 4 is 17.7 Å². The van der Waals surface area contributed by atoms with E-state index in [4.69, 9.17) is 9.84 Å². The van der Waals surface area contributed by atoms with Gasteiger partial charge in [-0.25, -0.2) is 9.59 Å². The Kier molecular flexibility index (Phi) is 5.66. The lowest BCUT2D eigenvalue weighted by Gasteiger charge is -2.08. The molecule has 0 unspecified atom stereocenters. The summed E-state index contributed by atoms with van der Waals surface area (Å²) in [7, 11) is 0. The summed E-state index contributed by atoms with van der Waals surface area (Å²) in [6.07, 6.45) is 2.17. The summed E-state index contributed by atoms with van der Waals surface area (Å²) < 4.78 is 4.92. The van der Waals surface area contributed by atoms with Crippen molar-refractivity contribution in [3.63, 3.8) is 0 Å². The summed E-state index contributed by atoms with van der Waals surface area (Å²) in [4.78, 5) is 22.2. The third-order valence-corrected chi connectivity index (χ3v) is 2.45. The van der Waals surface area contributed by atoms with Crippen LogP contribution in [0.4, 0.5) is 10.5 Å². The van der Waals surface area contributed by atoms with E-state index >= 15 is 0 Å². The zero-order chi connectivity index (χ0) is 14.3. The number of carboxylic acids is 1. The highest BCUT2D eigenvalue weighted by Gasteiger charge is 2.11. The van der Waals surface area contributed by atoms with E-state index in [2.05, 4.69) is 5.32 Å². The third kappa shape index (κ3) is 4.87. The fourth-order valence-electron chi connectivity index (χ4n) is 1.46. The molecule has 0 saturated carbocycles. The molecule has 0 spiro atoms. The van der Waals surface area contributed by atoms with Crippen LogP contribution >= 0.6 is 0 Å². The molecular weight excluding hydrogens is 250 g/mol. The normalized spacial score (nSPS) is 9.95. The van der Waals surface area contributed by atoms with Crippen molar-refractivity contribution in [3.05, 3.63) is 23.8 Å². The van der Waals surface area contributed by atoms with Crippen molar-refractivity contribution in [2.45, 2.75) is 26.2 Å². The number of amides is 1. The zero-order valence-corrected chi connectivity index (χ0v) is 10.7. The Labute approximate surface area is 111 Å². The van der Waals surface area contributed by atoms with Crippen molar-refractivity contribution in [1.82, 2.24) is 0 Å². The number of phenols is 1. The molecule has 0 bridgehead atoms. The number of hydrogen-bond acceptors (Lipinski definition) is 4. The van der Waals surface area contributed by atoms with Crippen LogP contribution in [0, 0.1) is 0 Å². The molecule has 0 aliphatic rings. The predicted octanol–water partition coefficient (Wildman–Crippen LogP) is 2.83. The van der Waals surface area contributed by atoms with Crippen LogP contribution in [0.3, 0.4) is 0 Å². The number of benzene rings is 1. The van der Waals surface area contributed by atoms with E-state index in [0.717, 1.165) is 19.3 Å². The van der Waals surface area contributed by atoms with Gasteiger partial charge < -0.3 is 14.9 Å². The Hall–Kier alpha value is -2.24. The Balaban J connectivity index is 2.55.